The summed E-state index contributed by atoms with van der Waals surface area (Å²) in [6.45, 7) is 3.78. The van der Waals surface area contributed by atoms with Crippen molar-refractivity contribution in [3.05, 3.63) is 32.9 Å². The average Bonchev–Trinajstić information content (AvgIpc) is 2.41. The summed E-state index contributed by atoms with van der Waals surface area (Å²) in [6, 6.07) is 5.86. The summed E-state index contributed by atoms with van der Waals surface area (Å²) >= 11 is 2.24. The number of hydrogen-bond acceptors (Lipinski definition) is 2. The molecule has 1 aromatic rings. The van der Waals surface area contributed by atoms with E-state index in [2.05, 4.69) is 22.6 Å². The molecule has 1 saturated heterocycles. The Morgan fingerprint density at radius 1 is 1.44 bits per heavy atom. The van der Waals surface area contributed by atoms with Gasteiger partial charge in [-0.2, -0.15) is 0 Å². The van der Waals surface area contributed by atoms with Crippen molar-refractivity contribution in [3.63, 3.8) is 0 Å². The highest BCUT2D eigenvalue weighted by Crippen LogP contribution is 2.22. The van der Waals surface area contributed by atoms with Gasteiger partial charge in [0.1, 0.15) is 0 Å². The number of amides is 1. The molecule has 1 fully saturated rings. The lowest BCUT2D eigenvalue weighted by molar-refractivity contribution is 0.0649. The number of benzene rings is 1. The van der Waals surface area contributed by atoms with Gasteiger partial charge in [0.05, 0.1) is 5.56 Å². The number of carbonyl (C=O) groups excluding carboxylic acids is 1. The molecule has 1 amide bonds. The van der Waals surface area contributed by atoms with Crippen LogP contribution in [-0.4, -0.2) is 35.6 Å². The molecule has 18 heavy (non-hydrogen) atoms. The van der Waals surface area contributed by atoms with E-state index in [-0.39, 0.29) is 12.5 Å². The number of piperidine rings is 1. The van der Waals surface area contributed by atoms with Crippen molar-refractivity contribution in [2.75, 3.05) is 19.7 Å². The zero-order valence-electron chi connectivity index (χ0n) is 10.5. The van der Waals surface area contributed by atoms with Gasteiger partial charge >= 0.3 is 0 Å². The molecule has 0 aromatic heterocycles. The summed E-state index contributed by atoms with van der Waals surface area (Å²) in [5.74, 6) is 0.491. The number of rotatable bonds is 2. The quantitative estimate of drug-likeness (QED) is 0.825. The van der Waals surface area contributed by atoms with Crippen LogP contribution in [0.4, 0.5) is 0 Å². The van der Waals surface area contributed by atoms with E-state index in [0.29, 0.717) is 5.92 Å². The van der Waals surface area contributed by atoms with Crippen LogP contribution in [-0.2, 0) is 0 Å². The largest absolute Gasteiger partial charge is 0.396 e. The van der Waals surface area contributed by atoms with Crippen LogP contribution in [0.1, 0.15) is 28.8 Å². The standard InChI is InChI=1S/C14H18INO2/c1-10-3-2-4-12(13(10)15)14(18)16-7-5-11(9-17)6-8-16/h2-4,11,17H,5-9H2,1H3. The van der Waals surface area contributed by atoms with E-state index < -0.39 is 0 Å². The average molecular weight is 359 g/mol. The molecule has 0 atom stereocenters. The fourth-order valence-corrected chi connectivity index (χ4v) is 2.89. The Bertz CT molecular complexity index is 439. The lowest BCUT2D eigenvalue weighted by Crippen LogP contribution is -2.39. The van der Waals surface area contributed by atoms with E-state index in [4.69, 9.17) is 5.11 Å². The highest BCUT2D eigenvalue weighted by molar-refractivity contribution is 14.1. The number of likely N-dealkylation sites (tertiary alicyclic amines) is 1. The van der Waals surface area contributed by atoms with E-state index in [0.717, 1.165) is 40.6 Å². The minimum atomic E-state index is 0.125. The Hall–Kier alpha value is -0.620. The van der Waals surface area contributed by atoms with Crippen LogP contribution in [0, 0.1) is 16.4 Å². The number of aliphatic hydroxyl groups excluding tert-OH is 1. The third-order valence-electron chi connectivity index (χ3n) is 3.58. The summed E-state index contributed by atoms with van der Waals surface area (Å²) in [6.07, 6.45) is 1.81. The van der Waals surface area contributed by atoms with Crippen molar-refractivity contribution in [3.8, 4) is 0 Å². The first-order chi connectivity index (χ1) is 8.63. The molecule has 1 N–H and O–H groups in total. The summed E-state index contributed by atoms with van der Waals surface area (Å²) in [5.41, 5.74) is 1.95. The minimum absolute atomic E-state index is 0.125. The van der Waals surface area contributed by atoms with Gasteiger partial charge in [-0.25, -0.2) is 0 Å². The number of carbonyl (C=O) groups is 1. The maximum atomic E-state index is 12.4. The van der Waals surface area contributed by atoms with Crippen molar-refractivity contribution in [2.24, 2.45) is 5.92 Å². The molecular formula is C14H18INO2. The lowest BCUT2D eigenvalue weighted by Gasteiger charge is -2.31. The third-order valence-corrected chi connectivity index (χ3v) is 5.01. The topological polar surface area (TPSA) is 40.5 Å². The number of halogens is 1. The van der Waals surface area contributed by atoms with Gasteiger partial charge < -0.3 is 10.0 Å². The molecular weight excluding hydrogens is 341 g/mol. The Balaban J connectivity index is 2.10. The van der Waals surface area contributed by atoms with Crippen molar-refractivity contribution in [1.29, 1.82) is 0 Å². The first-order valence-corrected chi connectivity index (χ1v) is 7.36. The fraction of sp³-hybridized carbons (Fsp3) is 0.500. The molecule has 1 heterocycles. The predicted octanol–water partition coefficient (Wildman–Crippen LogP) is 2.44. The van der Waals surface area contributed by atoms with Gasteiger partial charge in [-0.05, 0) is 59.9 Å². The van der Waals surface area contributed by atoms with Crippen molar-refractivity contribution in [2.45, 2.75) is 19.8 Å². The Labute approximate surface area is 121 Å². The molecule has 0 radical (unpaired) electrons. The number of aliphatic hydroxyl groups is 1. The monoisotopic (exact) mass is 359 g/mol. The van der Waals surface area contributed by atoms with Gasteiger partial charge in [0.15, 0.2) is 0 Å². The van der Waals surface area contributed by atoms with E-state index in [9.17, 15) is 4.79 Å². The number of hydrogen-bond donors (Lipinski definition) is 1. The SMILES string of the molecule is Cc1cccc(C(=O)N2CCC(CO)CC2)c1I. The maximum absolute atomic E-state index is 12.4. The zero-order valence-corrected chi connectivity index (χ0v) is 12.7. The van der Waals surface area contributed by atoms with E-state index in [1.807, 2.05) is 30.0 Å². The van der Waals surface area contributed by atoms with Gasteiger partial charge in [0, 0.05) is 23.3 Å². The Morgan fingerprint density at radius 3 is 2.72 bits per heavy atom. The van der Waals surface area contributed by atoms with Crippen LogP contribution < -0.4 is 0 Å². The summed E-state index contributed by atoms with van der Waals surface area (Å²) in [7, 11) is 0. The van der Waals surface area contributed by atoms with Crippen LogP contribution in [0.5, 0.6) is 0 Å². The molecule has 2 rings (SSSR count). The van der Waals surface area contributed by atoms with E-state index in [1.54, 1.807) is 0 Å². The van der Waals surface area contributed by atoms with Crippen LogP contribution in [0.25, 0.3) is 0 Å². The highest BCUT2D eigenvalue weighted by Gasteiger charge is 2.24. The second kappa shape index (κ2) is 6.02. The fourth-order valence-electron chi connectivity index (χ4n) is 2.30. The number of aryl methyl sites for hydroxylation is 1. The Morgan fingerprint density at radius 2 is 2.11 bits per heavy atom. The second-order valence-corrected chi connectivity index (χ2v) is 5.93. The summed E-state index contributed by atoms with van der Waals surface area (Å²) in [5, 5.41) is 9.11. The molecule has 0 spiro atoms. The zero-order chi connectivity index (χ0) is 13.1. The molecule has 3 nitrogen and oxygen atoms in total. The lowest BCUT2D eigenvalue weighted by atomic mass is 9.97. The van der Waals surface area contributed by atoms with Gasteiger partial charge in [-0.15, -0.1) is 0 Å². The molecule has 0 aliphatic carbocycles. The second-order valence-electron chi connectivity index (χ2n) is 4.85. The van der Waals surface area contributed by atoms with E-state index >= 15 is 0 Å². The van der Waals surface area contributed by atoms with Gasteiger partial charge in [-0.1, -0.05) is 12.1 Å². The van der Waals surface area contributed by atoms with Crippen molar-refractivity contribution >= 4 is 28.5 Å². The highest BCUT2D eigenvalue weighted by atomic mass is 127. The molecule has 4 heteroatoms. The van der Waals surface area contributed by atoms with Crippen LogP contribution in [0.2, 0.25) is 0 Å². The minimum Gasteiger partial charge on any atom is -0.396 e. The molecule has 1 aromatic carbocycles. The van der Waals surface area contributed by atoms with Gasteiger partial charge in [0.2, 0.25) is 0 Å². The first-order valence-electron chi connectivity index (χ1n) is 6.28. The molecule has 0 bridgehead atoms. The van der Waals surface area contributed by atoms with Gasteiger partial charge in [0.25, 0.3) is 5.91 Å². The third kappa shape index (κ3) is 2.85. The van der Waals surface area contributed by atoms with Crippen LogP contribution in [0.15, 0.2) is 18.2 Å². The van der Waals surface area contributed by atoms with Crippen molar-refractivity contribution < 1.29 is 9.90 Å². The Kier molecular flexibility index (Phi) is 4.61. The smallest absolute Gasteiger partial charge is 0.254 e. The first kappa shape index (κ1) is 13.8. The normalized spacial score (nSPS) is 16.9. The molecule has 1 aliphatic rings. The molecule has 0 saturated carbocycles. The summed E-state index contributed by atoms with van der Waals surface area (Å²) in [4.78, 5) is 14.3. The summed E-state index contributed by atoms with van der Waals surface area (Å²) < 4.78 is 1.05. The predicted molar refractivity (Wildman–Crippen MR) is 79.6 cm³/mol. The van der Waals surface area contributed by atoms with Crippen LogP contribution >= 0.6 is 22.6 Å². The maximum Gasteiger partial charge on any atom is 0.254 e. The molecule has 98 valence electrons. The molecule has 0 unspecified atom stereocenters. The van der Waals surface area contributed by atoms with Crippen LogP contribution in [0.3, 0.4) is 0 Å². The van der Waals surface area contributed by atoms with Gasteiger partial charge in [-0.3, -0.25) is 4.79 Å². The molecule has 1 aliphatic heterocycles. The van der Waals surface area contributed by atoms with E-state index in [1.165, 1.54) is 0 Å². The number of nitrogens with zero attached hydrogens (tertiary/aromatic N) is 1. The van der Waals surface area contributed by atoms with Crippen molar-refractivity contribution in [1.82, 2.24) is 4.90 Å².